The van der Waals surface area contributed by atoms with Crippen LogP contribution < -0.4 is 0 Å². The summed E-state index contributed by atoms with van der Waals surface area (Å²) in [5, 5.41) is 8.16. The number of hydrogen-bond acceptors (Lipinski definition) is 4. The number of aryl methyl sites for hydroxylation is 2. The van der Waals surface area contributed by atoms with Gasteiger partial charge in [0.2, 0.25) is 5.91 Å². The van der Waals surface area contributed by atoms with Gasteiger partial charge in [-0.2, -0.15) is 0 Å². The van der Waals surface area contributed by atoms with Gasteiger partial charge in [-0.3, -0.25) is 15.2 Å². The lowest BCUT2D eigenvalue weighted by molar-refractivity contribution is -0.129. The summed E-state index contributed by atoms with van der Waals surface area (Å²) in [4.78, 5) is 20.6. The second-order valence-corrected chi connectivity index (χ2v) is 7.80. The van der Waals surface area contributed by atoms with Crippen molar-refractivity contribution in [3.05, 3.63) is 40.5 Å². The molecule has 1 fully saturated rings. The predicted molar refractivity (Wildman–Crippen MR) is 92.0 cm³/mol. The third-order valence-electron chi connectivity index (χ3n) is 5.10. The van der Waals surface area contributed by atoms with Crippen molar-refractivity contribution in [2.75, 3.05) is 7.05 Å². The van der Waals surface area contributed by atoms with Crippen molar-refractivity contribution in [3.8, 4) is 10.4 Å². The molecular weight excluding hydrogens is 306 g/mol. The van der Waals surface area contributed by atoms with E-state index in [2.05, 4.69) is 24.0 Å². The Bertz CT molecular complexity index is 805. The first-order valence-corrected chi connectivity index (χ1v) is 8.69. The number of nitrogens with zero attached hydrogens (tertiary/aromatic N) is 2. The molecule has 1 saturated heterocycles. The third kappa shape index (κ3) is 2.22. The maximum atomic E-state index is 12.3. The molecule has 0 bridgehead atoms. The van der Waals surface area contributed by atoms with Crippen molar-refractivity contribution < 1.29 is 4.79 Å². The molecule has 0 aromatic carbocycles. The number of likely N-dealkylation sites (tertiary alicyclic amines) is 1. The summed E-state index contributed by atoms with van der Waals surface area (Å²) in [5.41, 5.74) is 3.52. The lowest BCUT2D eigenvalue weighted by Gasteiger charge is -2.37. The van der Waals surface area contributed by atoms with Gasteiger partial charge in [0.05, 0.1) is 0 Å². The second kappa shape index (κ2) is 4.99. The van der Waals surface area contributed by atoms with Crippen LogP contribution in [0.25, 0.3) is 10.4 Å². The largest absolute Gasteiger partial charge is 0.304 e. The van der Waals surface area contributed by atoms with Gasteiger partial charge in [-0.1, -0.05) is 0 Å². The van der Waals surface area contributed by atoms with E-state index in [1.54, 1.807) is 18.4 Å². The van der Waals surface area contributed by atoms with Gasteiger partial charge in [-0.25, -0.2) is 0 Å². The first-order chi connectivity index (χ1) is 11.0. The van der Waals surface area contributed by atoms with Crippen molar-refractivity contribution >= 4 is 23.1 Å². The number of nitrogens with one attached hydrogen (secondary N) is 1. The van der Waals surface area contributed by atoms with E-state index in [-0.39, 0.29) is 11.3 Å². The molecule has 2 aromatic heterocycles. The van der Waals surface area contributed by atoms with Crippen LogP contribution in [0, 0.1) is 12.3 Å². The minimum Gasteiger partial charge on any atom is -0.304 e. The van der Waals surface area contributed by atoms with E-state index in [1.807, 2.05) is 12.4 Å². The van der Waals surface area contributed by atoms with Crippen LogP contribution in [0.5, 0.6) is 0 Å². The van der Waals surface area contributed by atoms with Crippen molar-refractivity contribution in [1.82, 2.24) is 9.88 Å². The molecule has 1 atom stereocenters. The molecule has 0 radical (unpaired) electrons. The average molecular weight is 325 g/mol. The predicted octanol–water partition coefficient (Wildman–Crippen LogP) is 3.53. The van der Waals surface area contributed by atoms with Crippen LogP contribution in [-0.4, -0.2) is 28.7 Å². The van der Waals surface area contributed by atoms with Crippen molar-refractivity contribution in [2.24, 2.45) is 0 Å². The van der Waals surface area contributed by atoms with Gasteiger partial charge < -0.3 is 4.90 Å². The normalized spacial score (nSPS) is 23.7. The first-order valence-electron chi connectivity index (χ1n) is 7.88. The van der Waals surface area contributed by atoms with Gasteiger partial charge in [0, 0.05) is 53.0 Å². The summed E-state index contributed by atoms with van der Waals surface area (Å²) < 4.78 is 0. The van der Waals surface area contributed by atoms with Gasteiger partial charge in [0.25, 0.3) is 0 Å². The standard InChI is InChI=1S/C18H19N3OS/c1-11-5-13(10-20-9-11)14-6-12-3-4-18(17(12)23-14)7-15(19)21(2)16(22)8-18/h5-6,9-10,19H,3-4,7-8H2,1-2H3/t18-/m0/s1. The van der Waals surface area contributed by atoms with Crippen LogP contribution in [0.3, 0.4) is 0 Å². The molecule has 23 heavy (non-hydrogen) atoms. The van der Waals surface area contributed by atoms with Crippen LogP contribution in [0.2, 0.25) is 0 Å². The van der Waals surface area contributed by atoms with Gasteiger partial charge in [-0.05, 0) is 43.0 Å². The molecular formula is C18H19N3OS. The van der Waals surface area contributed by atoms with Crippen LogP contribution in [-0.2, 0) is 16.6 Å². The fourth-order valence-electron chi connectivity index (χ4n) is 3.78. The zero-order valence-electron chi connectivity index (χ0n) is 13.3. The number of hydrogen-bond donors (Lipinski definition) is 1. The lowest BCUT2D eigenvalue weighted by atomic mass is 9.77. The number of piperidine rings is 1. The molecule has 1 aliphatic carbocycles. The highest BCUT2D eigenvalue weighted by atomic mass is 32.1. The number of carbonyl (C=O) groups excluding carboxylic acids is 1. The second-order valence-electron chi connectivity index (χ2n) is 6.75. The number of amidine groups is 1. The number of thiophene rings is 1. The Balaban J connectivity index is 1.75. The Labute approximate surface area is 139 Å². The van der Waals surface area contributed by atoms with Crippen molar-refractivity contribution in [2.45, 2.75) is 38.0 Å². The Morgan fingerprint density at radius 3 is 2.87 bits per heavy atom. The Morgan fingerprint density at radius 1 is 1.30 bits per heavy atom. The summed E-state index contributed by atoms with van der Waals surface area (Å²) in [6.07, 6.45) is 6.97. The third-order valence-corrected chi connectivity index (χ3v) is 6.57. The van der Waals surface area contributed by atoms with E-state index in [1.165, 1.54) is 20.2 Å². The van der Waals surface area contributed by atoms with Crippen molar-refractivity contribution in [1.29, 1.82) is 5.41 Å². The minimum atomic E-state index is -0.143. The van der Waals surface area contributed by atoms with E-state index >= 15 is 0 Å². The first kappa shape index (κ1) is 14.6. The Hall–Kier alpha value is -2.01. The van der Waals surface area contributed by atoms with E-state index in [0.29, 0.717) is 18.7 Å². The zero-order chi connectivity index (χ0) is 16.2. The fraction of sp³-hybridized carbons (Fsp3) is 0.389. The SMILES string of the molecule is Cc1cncc(-c2cc3c(s2)[C@@]2(CC3)CC(=N)N(C)C(=O)C2)c1. The molecule has 2 aromatic rings. The van der Waals surface area contributed by atoms with E-state index in [9.17, 15) is 4.79 Å². The highest BCUT2D eigenvalue weighted by Crippen LogP contribution is 2.51. The maximum absolute atomic E-state index is 12.3. The summed E-state index contributed by atoms with van der Waals surface area (Å²) >= 11 is 1.79. The molecule has 0 saturated carbocycles. The molecule has 1 spiro atoms. The number of carbonyl (C=O) groups is 1. The van der Waals surface area contributed by atoms with Crippen LogP contribution in [0.4, 0.5) is 0 Å². The molecule has 1 amide bonds. The monoisotopic (exact) mass is 325 g/mol. The van der Waals surface area contributed by atoms with Crippen molar-refractivity contribution in [3.63, 3.8) is 0 Å². The lowest BCUT2D eigenvalue weighted by Crippen LogP contribution is -2.46. The van der Waals surface area contributed by atoms with Crippen LogP contribution >= 0.6 is 11.3 Å². The van der Waals surface area contributed by atoms with E-state index in [4.69, 9.17) is 5.41 Å². The molecule has 3 heterocycles. The van der Waals surface area contributed by atoms with E-state index in [0.717, 1.165) is 24.0 Å². The summed E-state index contributed by atoms with van der Waals surface area (Å²) in [6, 6.07) is 4.42. The summed E-state index contributed by atoms with van der Waals surface area (Å²) in [5.74, 6) is 0.516. The molecule has 4 rings (SSSR count). The topological polar surface area (TPSA) is 57.1 Å². The molecule has 2 aliphatic rings. The van der Waals surface area contributed by atoms with Crippen LogP contribution in [0.15, 0.2) is 24.5 Å². The number of rotatable bonds is 1. The van der Waals surface area contributed by atoms with Crippen LogP contribution in [0.1, 0.15) is 35.3 Å². The maximum Gasteiger partial charge on any atom is 0.228 e. The smallest absolute Gasteiger partial charge is 0.228 e. The number of aromatic nitrogens is 1. The fourth-order valence-corrected chi connectivity index (χ4v) is 5.19. The average Bonchev–Trinajstić information content (AvgIpc) is 3.07. The molecule has 4 nitrogen and oxygen atoms in total. The molecule has 1 N–H and O–H groups in total. The number of pyridine rings is 1. The summed E-state index contributed by atoms with van der Waals surface area (Å²) in [6.45, 7) is 2.05. The minimum absolute atomic E-state index is 0.0706. The molecule has 5 heteroatoms. The number of amides is 1. The Morgan fingerprint density at radius 2 is 2.13 bits per heavy atom. The molecule has 1 aliphatic heterocycles. The van der Waals surface area contributed by atoms with Gasteiger partial charge >= 0.3 is 0 Å². The molecule has 118 valence electrons. The molecule has 0 unspecified atom stereocenters. The van der Waals surface area contributed by atoms with Gasteiger partial charge in [-0.15, -0.1) is 11.3 Å². The quantitative estimate of drug-likeness (QED) is 0.872. The van der Waals surface area contributed by atoms with Gasteiger partial charge in [0.1, 0.15) is 5.84 Å². The highest BCUT2D eigenvalue weighted by molar-refractivity contribution is 7.15. The van der Waals surface area contributed by atoms with E-state index < -0.39 is 0 Å². The van der Waals surface area contributed by atoms with Gasteiger partial charge in [0.15, 0.2) is 0 Å². The highest BCUT2D eigenvalue weighted by Gasteiger charge is 2.47. The summed E-state index contributed by atoms with van der Waals surface area (Å²) in [7, 11) is 1.71. The zero-order valence-corrected chi connectivity index (χ0v) is 14.2. The number of fused-ring (bicyclic) bond motifs is 2. The Kier molecular flexibility index (Phi) is 3.17.